The van der Waals surface area contributed by atoms with Crippen molar-refractivity contribution < 1.29 is 32.3 Å². The number of rotatable bonds is 4. The molecule has 1 saturated heterocycles. The lowest BCUT2D eigenvalue weighted by Crippen LogP contribution is -2.41. The van der Waals surface area contributed by atoms with E-state index in [-0.39, 0.29) is 10.7 Å². The molecule has 2 aliphatic heterocycles. The van der Waals surface area contributed by atoms with E-state index in [2.05, 4.69) is 5.32 Å². The highest BCUT2D eigenvalue weighted by Crippen LogP contribution is 2.54. The average Bonchev–Trinajstić information content (AvgIpc) is 3.51. The van der Waals surface area contributed by atoms with E-state index in [9.17, 15) is 37.1 Å². The fourth-order valence-electron chi connectivity index (χ4n) is 4.36. The highest BCUT2D eigenvalue weighted by Gasteiger charge is 2.58. The summed E-state index contributed by atoms with van der Waals surface area (Å²) in [5.74, 6) is -4.01. The van der Waals surface area contributed by atoms with Crippen LogP contribution >= 0.6 is 34.4 Å². The van der Waals surface area contributed by atoms with Crippen LogP contribution in [0.3, 0.4) is 0 Å². The van der Waals surface area contributed by atoms with Gasteiger partial charge in [0.25, 0.3) is 5.91 Å². The van der Waals surface area contributed by atoms with Gasteiger partial charge in [0, 0.05) is 21.4 Å². The number of nitrogens with zero attached hydrogens (tertiary/aromatic N) is 2. The first-order valence-electron chi connectivity index (χ1n) is 10.6. The summed E-state index contributed by atoms with van der Waals surface area (Å²) in [5.41, 5.74) is 4.22. The molecule has 0 aliphatic carbocycles. The summed E-state index contributed by atoms with van der Waals surface area (Å²) < 4.78 is 40.1. The number of anilines is 1. The molecule has 3 N–H and O–H groups in total. The van der Waals surface area contributed by atoms with Gasteiger partial charge in [-0.2, -0.15) is 18.1 Å². The second-order valence-electron chi connectivity index (χ2n) is 8.16. The topological polar surface area (TPSA) is 132 Å². The summed E-state index contributed by atoms with van der Waals surface area (Å²) >= 11 is 3.00. The molecule has 5 amide bonds. The molecule has 0 saturated carbocycles. The number of amides is 5. The Balaban J connectivity index is 1.49. The zero-order chi connectivity index (χ0) is 26.6. The number of aromatic nitrogens is 1. The smallest absolute Gasteiger partial charge is 0.351 e. The Bertz CT molecular complexity index is 1500. The van der Waals surface area contributed by atoms with Gasteiger partial charge in [-0.25, -0.2) is 4.79 Å². The number of fused-ring (bicyclic) bond motifs is 2. The van der Waals surface area contributed by atoms with Crippen LogP contribution in [0.15, 0.2) is 51.6 Å². The third kappa shape index (κ3) is 4.36. The largest absolute Gasteiger partial charge is 0.416 e. The van der Waals surface area contributed by atoms with Gasteiger partial charge in [0.15, 0.2) is 0 Å². The van der Waals surface area contributed by atoms with Crippen molar-refractivity contribution in [2.24, 2.45) is 11.7 Å². The van der Waals surface area contributed by atoms with E-state index >= 15 is 0 Å². The van der Waals surface area contributed by atoms with Crippen molar-refractivity contribution in [3.63, 3.8) is 0 Å². The molecule has 2 aromatic heterocycles. The van der Waals surface area contributed by atoms with Crippen LogP contribution in [0.1, 0.15) is 21.2 Å². The van der Waals surface area contributed by atoms with E-state index in [0.29, 0.717) is 14.7 Å². The van der Waals surface area contributed by atoms with Crippen molar-refractivity contribution in [3.8, 4) is 0 Å². The molecule has 5 rings (SSSR count). The van der Waals surface area contributed by atoms with Crippen LogP contribution in [0.5, 0.6) is 0 Å². The van der Waals surface area contributed by atoms with E-state index < -0.39 is 64.0 Å². The Hall–Kier alpha value is -3.43. The molecular formula is C22H15F3N4O5S3. The minimum absolute atomic E-state index is 0.102. The Morgan fingerprint density at radius 1 is 1.08 bits per heavy atom. The number of carbonyl (C=O) groups excluding carboxylic acids is 4. The lowest BCUT2D eigenvalue weighted by molar-refractivity contribution is -0.138. The van der Waals surface area contributed by atoms with Crippen LogP contribution in [0.4, 0.5) is 23.7 Å². The van der Waals surface area contributed by atoms with Gasteiger partial charge in [0.1, 0.15) is 11.8 Å². The molecule has 15 heteroatoms. The number of nitrogens with two attached hydrogens (primary N) is 1. The van der Waals surface area contributed by atoms with Gasteiger partial charge in [-0.1, -0.05) is 35.2 Å². The standard InChI is InChI=1S/C22H15F3N4O5S3/c23-22(24,25)9-3-1-4-10(7-9)27-12(30)8-28-19-16(37-21(28)34)13(11-5-2-6-35-11)14-15(36-19)18(32)29(17(14)31)20(26)33/h1-7,13-15H,8H2,(H2,26,33)(H,27,30)/t13-,14?,15?/m0/s1. The zero-order valence-corrected chi connectivity index (χ0v) is 20.8. The van der Waals surface area contributed by atoms with E-state index in [1.807, 2.05) is 0 Å². The quantitative estimate of drug-likeness (QED) is 0.465. The summed E-state index contributed by atoms with van der Waals surface area (Å²) in [4.78, 5) is 64.5. The number of thioether (sulfide) groups is 1. The first kappa shape index (κ1) is 25.2. The van der Waals surface area contributed by atoms with Gasteiger partial charge in [0.2, 0.25) is 11.8 Å². The maximum atomic E-state index is 13.0. The number of carbonyl (C=O) groups is 4. The second kappa shape index (κ2) is 9.15. The Labute approximate surface area is 218 Å². The van der Waals surface area contributed by atoms with Crippen LogP contribution in [0.2, 0.25) is 0 Å². The predicted octanol–water partition coefficient (Wildman–Crippen LogP) is 3.30. The molecule has 37 heavy (non-hydrogen) atoms. The van der Waals surface area contributed by atoms with Crippen molar-refractivity contribution in [1.29, 1.82) is 0 Å². The van der Waals surface area contributed by atoms with Gasteiger partial charge in [-0.3, -0.25) is 23.7 Å². The Morgan fingerprint density at radius 2 is 1.84 bits per heavy atom. The molecule has 3 atom stereocenters. The molecule has 1 fully saturated rings. The number of alkyl halides is 3. The van der Waals surface area contributed by atoms with Crippen LogP contribution in [-0.4, -0.2) is 38.5 Å². The van der Waals surface area contributed by atoms with E-state index in [1.54, 1.807) is 17.5 Å². The number of halogens is 3. The number of primary amides is 1. The maximum absolute atomic E-state index is 13.0. The molecule has 2 unspecified atom stereocenters. The van der Waals surface area contributed by atoms with Crippen LogP contribution in [0, 0.1) is 5.92 Å². The third-order valence-electron chi connectivity index (χ3n) is 5.89. The molecule has 3 aromatic rings. The van der Waals surface area contributed by atoms with Crippen molar-refractivity contribution in [2.45, 2.75) is 28.9 Å². The first-order valence-corrected chi connectivity index (χ1v) is 13.1. The van der Waals surface area contributed by atoms with Gasteiger partial charge in [-0.15, -0.1) is 11.3 Å². The van der Waals surface area contributed by atoms with Crippen molar-refractivity contribution in [1.82, 2.24) is 9.47 Å². The number of thiophene rings is 1. The van der Waals surface area contributed by atoms with Gasteiger partial charge < -0.3 is 11.1 Å². The SMILES string of the molecule is NC(=O)N1C(=O)C2Sc3c(sc(=O)n3CC(=O)Nc3cccc(C(F)(F)F)c3)[C@@H](c3cccs3)C2C1=O. The Morgan fingerprint density at radius 3 is 2.49 bits per heavy atom. The minimum Gasteiger partial charge on any atom is -0.351 e. The fraction of sp³-hybridized carbons (Fsp3) is 0.227. The number of urea groups is 1. The van der Waals surface area contributed by atoms with Crippen molar-refractivity contribution >= 4 is 63.9 Å². The second-order valence-corrected chi connectivity index (χ2v) is 11.3. The highest BCUT2D eigenvalue weighted by molar-refractivity contribution is 8.00. The first-order chi connectivity index (χ1) is 17.5. The maximum Gasteiger partial charge on any atom is 0.416 e. The normalized spacial score (nSPS) is 21.1. The summed E-state index contributed by atoms with van der Waals surface area (Å²) in [5, 5.41) is 3.35. The molecule has 4 heterocycles. The molecule has 9 nitrogen and oxygen atoms in total. The monoisotopic (exact) mass is 568 g/mol. The minimum atomic E-state index is -4.60. The van der Waals surface area contributed by atoms with Crippen molar-refractivity contribution in [3.05, 3.63) is 66.8 Å². The summed E-state index contributed by atoms with van der Waals surface area (Å²) in [7, 11) is 0. The van der Waals surface area contributed by atoms with Crippen LogP contribution < -0.4 is 15.9 Å². The summed E-state index contributed by atoms with van der Waals surface area (Å²) in [6.45, 7) is -0.538. The average molecular weight is 569 g/mol. The van der Waals surface area contributed by atoms with E-state index in [0.717, 1.165) is 45.9 Å². The molecule has 192 valence electrons. The fourth-order valence-corrected chi connectivity index (χ4v) is 8.09. The summed E-state index contributed by atoms with van der Waals surface area (Å²) in [6.07, 6.45) is -4.60. The summed E-state index contributed by atoms with van der Waals surface area (Å²) in [6, 6.07) is 6.35. The number of nitrogens with one attached hydrogen (secondary N) is 1. The van der Waals surface area contributed by atoms with E-state index in [4.69, 9.17) is 5.73 Å². The lowest BCUT2D eigenvalue weighted by Gasteiger charge is -2.29. The van der Waals surface area contributed by atoms with Crippen LogP contribution in [-0.2, 0) is 27.1 Å². The number of imide groups is 3. The molecule has 2 aliphatic rings. The van der Waals surface area contributed by atoms with Crippen molar-refractivity contribution in [2.75, 3.05) is 5.32 Å². The number of hydrogen-bond donors (Lipinski definition) is 2. The molecule has 0 spiro atoms. The molecule has 0 bridgehead atoms. The zero-order valence-electron chi connectivity index (χ0n) is 18.4. The molecular weight excluding hydrogens is 553 g/mol. The van der Waals surface area contributed by atoms with Crippen LogP contribution in [0.25, 0.3) is 0 Å². The van der Waals surface area contributed by atoms with Gasteiger partial charge in [0.05, 0.1) is 16.5 Å². The highest BCUT2D eigenvalue weighted by atomic mass is 32.2. The molecule has 1 aromatic carbocycles. The lowest BCUT2D eigenvalue weighted by atomic mass is 9.87. The number of thiazole rings is 1. The molecule has 0 radical (unpaired) electrons. The number of likely N-dealkylation sites (tertiary alicyclic amines) is 1. The van der Waals surface area contributed by atoms with E-state index in [1.165, 1.54) is 17.4 Å². The van der Waals surface area contributed by atoms with Gasteiger partial charge >= 0.3 is 17.1 Å². The predicted molar refractivity (Wildman–Crippen MR) is 129 cm³/mol. The Kier molecular flexibility index (Phi) is 6.24. The third-order valence-corrected chi connectivity index (χ3v) is 9.45. The van der Waals surface area contributed by atoms with Gasteiger partial charge in [-0.05, 0) is 29.6 Å². The number of benzene rings is 1. The number of hydrogen-bond acceptors (Lipinski definition) is 8.